The van der Waals surface area contributed by atoms with Gasteiger partial charge in [-0.25, -0.2) is 0 Å². The van der Waals surface area contributed by atoms with Gasteiger partial charge >= 0.3 is 12.1 Å². The maximum Gasteiger partial charge on any atom is 0.413 e. The standard InChI is InChI=1S/C22H20BrF3N2O3/c1-31-20(30)21(22(24,25)26)12-14(27(11-10-23)19(21)29)13-28-17-8-4-2-6-15(17)16-7-3-5-9-18(16)28/h2-9,14H,10-13H2,1H3. The van der Waals surface area contributed by atoms with E-state index in [1.54, 1.807) is 0 Å². The zero-order chi connectivity index (χ0) is 22.4. The van der Waals surface area contributed by atoms with Gasteiger partial charge in [-0.2, -0.15) is 13.2 Å². The average molecular weight is 497 g/mol. The number of hydrogen-bond donors (Lipinski definition) is 0. The van der Waals surface area contributed by atoms with Crippen LogP contribution in [0.5, 0.6) is 0 Å². The number of alkyl halides is 4. The van der Waals surface area contributed by atoms with Crippen LogP contribution < -0.4 is 0 Å². The topological polar surface area (TPSA) is 51.5 Å². The Balaban J connectivity index is 1.84. The van der Waals surface area contributed by atoms with Gasteiger partial charge in [0.2, 0.25) is 11.3 Å². The van der Waals surface area contributed by atoms with Gasteiger partial charge in [0.15, 0.2) is 0 Å². The fraction of sp³-hybridized carbons (Fsp3) is 0.364. The third-order valence-corrected chi connectivity index (χ3v) is 6.38. The Morgan fingerprint density at radius 2 is 1.68 bits per heavy atom. The molecule has 2 heterocycles. The third kappa shape index (κ3) is 3.21. The quantitative estimate of drug-likeness (QED) is 0.296. The Bertz CT molecular complexity index is 1110. The first kappa shape index (κ1) is 21.7. The molecule has 5 nitrogen and oxygen atoms in total. The molecule has 3 aromatic rings. The van der Waals surface area contributed by atoms with Crippen molar-refractivity contribution in [1.29, 1.82) is 0 Å². The minimum absolute atomic E-state index is 0.0510. The first-order valence-electron chi connectivity index (χ1n) is 9.74. The first-order chi connectivity index (χ1) is 14.8. The molecular formula is C22H20BrF3N2O3. The molecule has 0 spiro atoms. The van der Waals surface area contributed by atoms with Crippen LogP contribution in [0.15, 0.2) is 48.5 Å². The van der Waals surface area contributed by atoms with Crippen molar-refractivity contribution in [1.82, 2.24) is 9.47 Å². The summed E-state index contributed by atoms with van der Waals surface area (Å²) >= 11 is 3.22. The zero-order valence-corrected chi connectivity index (χ0v) is 18.2. The Hall–Kier alpha value is -2.55. The van der Waals surface area contributed by atoms with Crippen molar-refractivity contribution in [3.05, 3.63) is 48.5 Å². The number of carbonyl (C=O) groups is 2. The molecule has 0 aliphatic carbocycles. The molecule has 4 rings (SSSR count). The minimum atomic E-state index is -5.06. The van der Waals surface area contributed by atoms with Crippen LogP contribution in [0.4, 0.5) is 13.2 Å². The van der Waals surface area contributed by atoms with Gasteiger partial charge in [0, 0.05) is 46.6 Å². The molecule has 31 heavy (non-hydrogen) atoms. The number of aromatic nitrogens is 1. The lowest BCUT2D eigenvalue weighted by molar-refractivity contribution is -0.227. The maximum absolute atomic E-state index is 14.1. The second-order valence-corrected chi connectivity index (χ2v) is 8.38. The van der Waals surface area contributed by atoms with Crippen molar-refractivity contribution >= 4 is 49.6 Å². The normalized spacial score (nSPS) is 21.9. The van der Waals surface area contributed by atoms with Gasteiger partial charge in [0.25, 0.3) is 0 Å². The summed E-state index contributed by atoms with van der Waals surface area (Å²) in [6.07, 6.45) is -5.74. The number of fused-ring (bicyclic) bond motifs is 3. The zero-order valence-electron chi connectivity index (χ0n) is 16.7. The van der Waals surface area contributed by atoms with Crippen LogP contribution in [0.25, 0.3) is 21.8 Å². The molecule has 9 heteroatoms. The summed E-state index contributed by atoms with van der Waals surface area (Å²) in [5.74, 6) is -2.81. The van der Waals surface area contributed by atoms with Crippen molar-refractivity contribution in [3.63, 3.8) is 0 Å². The molecule has 0 bridgehead atoms. The molecule has 0 saturated carbocycles. The van der Waals surface area contributed by atoms with E-state index in [2.05, 4.69) is 20.7 Å². The van der Waals surface area contributed by atoms with Crippen LogP contribution in [0.1, 0.15) is 6.42 Å². The molecule has 2 aromatic carbocycles. The summed E-state index contributed by atoms with van der Waals surface area (Å²) < 4.78 is 48.7. The number of rotatable bonds is 5. The van der Waals surface area contributed by atoms with Crippen LogP contribution in [0.3, 0.4) is 0 Å². The first-order valence-corrected chi connectivity index (χ1v) is 10.9. The summed E-state index contributed by atoms with van der Waals surface area (Å²) in [6, 6.07) is 14.4. The fourth-order valence-corrected chi connectivity index (χ4v) is 4.99. The van der Waals surface area contributed by atoms with Gasteiger partial charge in [-0.3, -0.25) is 9.59 Å². The summed E-state index contributed by atoms with van der Waals surface area (Å²) in [5.41, 5.74) is -1.47. The average Bonchev–Trinajstić information content (AvgIpc) is 3.22. The molecule has 1 aliphatic rings. The Kier molecular flexibility index (Phi) is 5.49. The van der Waals surface area contributed by atoms with E-state index in [0.717, 1.165) is 33.8 Å². The summed E-state index contributed by atoms with van der Waals surface area (Å²) in [5, 5.41) is 2.24. The van der Waals surface area contributed by atoms with E-state index in [9.17, 15) is 22.8 Å². The van der Waals surface area contributed by atoms with Crippen LogP contribution in [-0.2, 0) is 20.9 Å². The number of methoxy groups -OCH3 is 1. The van der Waals surface area contributed by atoms with Gasteiger partial charge in [0.1, 0.15) is 0 Å². The largest absolute Gasteiger partial charge is 0.468 e. The number of benzene rings is 2. The predicted octanol–water partition coefficient (Wildman–Crippen LogP) is 4.51. The van der Waals surface area contributed by atoms with E-state index in [1.807, 2.05) is 53.1 Å². The van der Waals surface area contributed by atoms with Crippen molar-refractivity contribution in [3.8, 4) is 0 Å². The maximum atomic E-state index is 14.1. The van der Waals surface area contributed by atoms with E-state index in [0.29, 0.717) is 0 Å². The van der Waals surface area contributed by atoms with Gasteiger partial charge in [-0.1, -0.05) is 52.3 Å². The van der Waals surface area contributed by atoms with Crippen molar-refractivity contribution in [2.75, 3.05) is 19.0 Å². The lowest BCUT2D eigenvalue weighted by atomic mass is 9.83. The fourth-order valence-electron chi connectivity index (χ4n) is 4.61. The number of ether oxygens (including phenoxy) is 1. The number of esters is 1. The highest BCUT2D eigenvalue weighted by molar-refractivity contribution is 9.09. The second-order valence-electron chi connectivity index (χ2n) is 7.59. The Morgan fingerprint density at radius 3 is 2.16 bits per heavy atom. The van der Waals surface area contributed by atoms with E-state index < -0.39 is 35.9 Å². The predicted molar refractivity (Wildman–Crippen MR) is 114 cm³/mol. The summed E-state index contributed by atoms with van der Waals surface area (Å²) in [7, 11) is 0.873. The van der Waals surface area contributed by atoms with Crippen LogP contribution in [-0.4, -0.2) is 52.5 Å². The number of hydrogen-bond acceptors (Lipinski definition) is 3. The van der Waals surface area contributed by atoms with Crippen molar-refractivity contribution < 1.29 is 27.5 Å². The SMILES string of the molecule is COC(=O)C1(C(F)(F)F)CC(Cn2c3ccccc3c3ccccc32)N(CCBr)C1=O. The lowest BCUT2D eigenvalue weighted by Crippen LogP contribution is -2.51. The summed E-state index contributed by atoms with van der Waals surface area (Å²) in [6.45, 7) is 0.178. The van der Waals surface area contributed by atoms with E-state index >= 15 is 0 Å². The molecule has 164 valence electrons. The summed E-state index contributed by atoms with van der Waals surface area (Å²) in [4.78, 5) is 26.5. The van der Waals surface area contributed by atoms with Gasteiger partial charge in [0.05, 0.1) is 13.2 Å². The molecule has 1 fully saturated rings. The van der Waals surface area contributed by atoms with E-state index in [4.69, 9.17) is 0 Å². The molecule has 2 unspecified atom stereocenters. The second kappa shape index (κ2) is 7.85. The molecule has 2 atom stereocenters. The van der Waals surface area contributed by atoms with Gasteiger partial charge < -0.3 is 14.2 Å². The molecule has 1 aromatic heterocycles. The monoisotopic (exact) mass is 496 g/mol. The lowest BCUT2D eigenvalue weighted by Gasteiger charge is -2.27. The molecule has 1 amide bonds. The number of nitrogens with zero attached hydrogens (tertiary/aromatic N) is 2. The number of likely N-dealkylation sites (tertiary alicyclic amines) is 1. The Morgan fingerprint density at radius 1 is 1.13 bits per heavy atom. The third-order valence-electron chi connectivity index (χ3n) is 6.02. The highest BCUT2D eigenvalue weighted by atomic mass is 79.9. The highest BCUT2D eigenvalue weighted by Gasteiger charge is 2.72. The van der Waals surface area contributed by atoms with Crippen LogP contribution >= 0.6 is 15.9 Å². The van der Waals surface area contributed by atoms with Crippen molar-refractivity contribution in [2.45, 2.75) is 25.2 Å². The van der Waals surface area contributed by atoms with E-state index in [-0.39, 0.29) is 18.4 Å². The molecule has 1 saturated heterocycles. The molecule has 0 N–H and O–H groups in total. The highest BCUT2D eigenvalue weighted by Crippen LogP contribution is 2.50. The van der Waals surface area contributed by atoms with Gasteiger partial charge in [-0.15, -0.1) is 0 Å². The minimum Gasteiger partial charge on any atom is -0.468 e. The van der Waals surface area contributed by atoms with E-state index in [1.165, 1.54) is 0 Å². The number of carbonyl (C=O) groups excluding carboxylic acids is 2. The molecule has 0 radical (unpaired) electrons. The number of halogens is 4. The van der Waals surface area contributed by atoms with Gasteiger partial charge in [-0.05, 0) is 12.1 Å². The van der Waals surface area contributed by atoms with Crippen molar-refractivity contribution in [2.24, 2.45) is 5.41 Å². The molecular weight excluding hydrogens is 477 g/mol. The Labute approximate surface area is 184 Å². The smallest absolute Gasteiger partial charge is 0.413 e. The molecule has 1 aliphatic heterocycles. The number of para-hydroxylation sites is 2. The van der Waals surface area contributed by atoms with Crippen LogP contribution in [0, 0.1) is 5.41 Å². The van der Waals surface area contributed by atoms with Crippen LogP contribution in [0.2, 0.25) is 0 Å². The number of amides is 1.